The van der Waals surface area contributed by atoms with Crippen molar-refractivity contribution >= 4 is 23.5 Å². The minimum Gasteiger partial charge on any atom is -0.464 e. The number of ether oxygens (including phenoxy) is 1. The fourth-order valence-corrected chi connectivity index (χ4v) is 4.91. The largest absolute Gasteiger partial charge is 0.464 e. The van der Waals surface area contributed by atoms with E-state index in [1.807, 2.05) is 60.4 Å². The Morgan fingerprint density at radius 2 is 1.62 bits per heavy atom. The number of hydrogen-bond acceptors (Lipinski definition) is 6. The molecule has 4 aromatic rings. The van der Waals surface area contributed by atoms with Crippen molar-refractivity contribution in [2.24, 2.45) is 0 Å². The highest BCUT2D eigenvalue weighted by molar-refractivity contribution is 6.08. The highest BCUT2D eigenvalue weighted by Gasteiger charge is 2.25. The van der Waals surface area contributed by atoms with Crippen molar-refractivity contribution in [1.82, 2.24) is 14.9 Å². The minimum absolute atomic E-state index is 0.0964. The number of rotatable bonds is 6. The molecule has 0 aliphatic carbocycles. The molecule has 0 atom stereocenters. The SMILES string of the molecule is COC(=O)c1ccc(C(=O)N2CCC(c3ccc(NC(=O)c4cccnc4-c4ccc(C)cc4)cc3)CC2)cn1. The van der Waals surface area contributed by atoms with Crippen molar-refractivity contribution in [2.45, 2.75) is 25.7 Å². The average Bonchev–Trinajstić information content (AvgIpc) is 3.01. The van der Waals surface area contributed by atoms with E-state index in [-0.39, 0.29) is 17.5 Å². The van der Waals surface area contributed by atoms with Crippen molar-refractivity contribution in [3.8, 4) is 11.3 Å². The van der Waals surface area contributed by atoms with E-state index in [1.165, 1.54) is 24.9 Å². The van der Waals surface area contributed by atoms with Gasteiger partial charge in [0, 0.05) is 36.7 Å². The molecule has 3 heterocycles. The highest BCUT2D eigenvalue weighted by atomic mass is 16.5. The molecule has 1 saturated heterocycles. The summed E-state index contributed by atoms with van der Waals surface area (Å²) in [6.45, 7) is 3.28. The Labute approximate surface area is 233 Å². The predicted octanol–water partition coefficient (Wildman–Crippen LogP) is 5.51. The summed E-state index contributed by atoms with van der Waals surface area (Å²) in [6, 6.07) is 22.5. The molecule has 2 amide bonds. The third-order valence-electron chi connectivity index (χ3n) is 7.20. The lowest BCUT2D eigenvalue weighted by Gasteiger charge is -2.32. The lowest BCUT2D eigenvalue weighted by atomic mass is 9.89. The molecule has 1 fully saturated rings. The first-order valence-corrected chi connectivity index (χ1v) is 13.2. The number of anilines is 1. The van der Waals surface area contributed by atoms with Gasteiger partial charge in [-0.3, -0.25) is 14.6 Å². The molecule has 0 spiro atoms. The van der Waals surface area contributed by atoms with Crippen molar-refractivity contribution in [1.29, 1.82) is 0 Å². The molecule has 2 aromatic heterocycles. The first-order chi connectivity index (χ1) is 19.4. The summed E-state index contributed by atoms with van der Waals surface area (Å²) >= 11 is 0. The number of esters is 1. The van der Waals surface area contributed by atoms with Crippen LogP contribution in [0.15, 0.2) is 85.2 Å². The summed E-state index contributed by atoms with van der Waals surface area (Å²) in [5.41, 5.74) is 5.71. The van der Waals surface area contributed by atoms with Gasteiger partial charge in [0.15, 0.2) is 0 Å². The van der Waals surface area contributed by atoms with E-state index in [4.69, 9.17) is 0 Å². The Balaban J connectivity index is 1.18. The van der Waals surface area contributed by atoms with Crippen LogP contribution in [0.2, 0.25) is 0 Å². The number of carbonyl (C=O) groups excluding carboxylic acids is 3. The summed E-state index contributed by atoms with van der Waals surface area (Å²) in [4.78, 5) is 47.9. The number of hydrogen-bond donors (Lipinski definition) is 1. The van der Waals surface area contributed by atoms with Gasteiger partial charge < -0.3 is 15.0 Å². The van der Waals surface area contributed by atoms with Gasteiger partial charge in [-0.2, -0.15) is 0 Å². The lowest BCUT2D eigenvalue weighted by molar-refractivity contribution is 0.0592. The standard InChI is InChI=1S/C32H30N4O4/c1-21-5-7-24(8-6-21)29-27(4-3-17-33-29)30(37)35-26-12-9-22(10-13-26)23-15-18-36(19-16-23)31(38)25-11-14-28(34-20-25)32(39)40-2/h3-14,17,20,23H,15-16,18-19H2,1-2H3,(H,35,37). The van der Waals surface area contributed by atoms with E-state index in [2.05, 4.69) is 20.0 Å². The zero-order chi connectivity index (χ0) is 28.1. The van der Waals surface area contributed by atoms with Crippen LogP contribution in [0.5, 0.6) is 0 Å². The maximum Gasteiger partial charge on any atom is 0.356 e. The van der Waals surface area contributed by atoms with E-state index in [0.29, 0.717) is 41.5 Å². The van der Waals surface area contributed by atoms with Crippen LogP contribution in [0, 0.1) is 6.92 Å². The number of amides is 2. The molecule has 1 N–H and O–H groups in total. The van der Waals surface area contributed by atoms with E-state index in [0.717, 1.165) is 24.0 Å². The molecule has 0 bridgehead atoms. The number of pyridine rings is 2. The Bertz CT molecular complexity index is 1510. The maximum absolute atomic E-state index is 13.1. The van der Waals surface area contributed by atoms with Gasteiger partial charge in [0.1, 0.15) is 5.69 Å². The van der Waals surface area contributed by atoms with Crippen molar-refractivity contribution in [3.63, 3.8) is 0 Å². The molecular weight excluding hydrogens is 504 g/mol. The summed E-state index contributed by atoms with van der Waals surface area (Å²) < 4.78 is 4.66. The topological polar surface area (TPSA) is 101 Å². The molecule has 8 nitrogen and oxygen atoms in total. The quantitative estimate of drug-likeness (QED) is 0.327. The number of nitrogens with one attached hydrogen (secondary N) is 1. The zero-order valence-corrected chi connectivity index (χ0v) is 22.5. The smallest absolute Gasteiger partial charge is 0.356 e. The summed E-state index contributed by atoms with van der Waals surface area (Å²) in [5, 5.41) is 3.00. The molecule has 2 aromatic carbocycles. The van der Waals surface area contributed by atoms with Gasteiger partial charge in [-0.25, -0.2) is 9.78 Å². The van der Waals surface area contributed by atoms with Crippen LogP contribution in [-0.4, -0.2) is 52.9 Å². The number of nitrogens with zero attached hydrogens (tertiary/aromatic N) is 3. The van der Waals surface area contributed by atoms with Crippen LogP contribution in [0.3, 0.4) is 0 Å². The maximum atomic E-state index is 13.1. The number of likely N-dealkylation sites (tertiary alicyclic amines) is 1. The van der Waals surface area contributed by atoms with Crippen LogP contribution in [0.25, 0.3) is 11.3 Å². The zero-order valence-electron chi connectivity index (χ0n) is 22.5. The molecule has 40 heavy (non-hydrogen) atoms. The van der Waals surface area contributed by atoms with Gasteiger partial charge in [-0.1, -0.05) is 42.0 Å². The van der Waals surface area contributed by atoms with Crippen LogP contribution in [0.4, 0.5) is 5.69 Å². The molecule has 1 aliphatic heterocycles. The molecule has 0 saturated carbocycles. The minimum atomic E-state index is -0.533. The van der Waals surface area contributed by atoms with Gasteiger partial charge in [-0.05, 0) is 67.6 Å². The Hall–Kier alpha value is -4.85. The van der Waals surface area contributed by atoms with Crippen molar-refractivity contribution < 1.29 is 19.1 Å². The van der Waals surface area contributed by atoms with Gasteiger partial charge in [0.25, 0.3) is 11.8 Å². The molecule has 0 radical (unpaired) electrons. The number of benzene rings is 2. The third-order valence-corrected chi connectivity index (χ3v) is 7.20. The Morgan fingerprint density at radius 1 is 0.900 bits per heavy atom. The number of carbonyl (C=O) groups is 3. The van der Waals surface area contributed by atoms with E-state index in [1.54, 1.807) is 24.4 Å². The highest BCUT2D eigenvalue weighted by Crippen LogP contribution is 2.30. The number of aryl methyl sites for hydroxylation is 1. The third kappa shape index (κ3) is 5.91. The second-order valence-electron chi connectivity index (χ2n) is 9.83. The molecule has 8 heteroatoms. The van der Waals surface area contributed by atoms with Gasteiger partial charge >= 0.3 is 5.97 Å². The molecule has 5 rings (SSSR count). The van der Waals surface area contributed by atoms with Gasteiger partial charge in [0.2, 0.25) is 0 Å². The number of aromatic nitrogens is 2. The first kappa shape index (κ1) is 26.7. The van der Waals surface area contributed by atoms with Crippen molar-refractivity contribution in [3.05, 3.63) is 113 Å². The molecule has 202 valence electrons. The lowest BCUT2D eigenvalue weighted by Crippen LogP contribution is -2.38. The summed E-state index contributed by atoms with van der Waals surface area (Å²) in [7, 11) is 1.29. The van der Waals surface area contributed by atoms with Crippen LogP contribution in [-0.2, 0) is 4.74 Å². The van der Waals surface area contributed by atoms with Crippen LogP contribution in [0.1, 0.15) is 61.1 Å². The summed E-state index contributed by atoms with van der Waals surface area (Å²) in [5.74, 6) is -0.521. The van der Waals surface area contributed by atoms with Crippen molar-refractivity contribution in [2.75, 3.05) is 25.5 Å². The predicted molar refractivity (Wildman–Crippen MR) is 152 cm³/mol. The van der Waals surface area contributed by atoms with E-state index in [9.17, 15) is 14.4 Å². The normalized spacial score (nSPS) is 13.5. The summed E-state index contributed by atoms with van der Waals surface area (Å²) in [6.07, 6.45) is 4.78. The number of piperidine rings is 1. The first-order valence-electron chi connectivity index (χ1n) is 13.2. The molecular formula is C32H30N4O4. The number of methoxy groups -OCH3 is 1. The van der Waals surface area contributed by atoms with Crippen LogP contribution >= 0.6 is 0 Å². The van der Waals surface area contributed by atoms with Gasteiger partial charge in [0.05, 0.1) is 23.9 Å². The second-order valence-corrected chi connectivity index (χ2v) is 9.83. The second kappa shape index (κ2) is 11.9. The Kier molecular flexibility index (Phi) is 7.96. The van der Waals surface area contributed by atoms with Crippen LogP contribution < -0.4 is 5.32 Å². The fourth-order valence-electron chi connectivity index (χ4n) is 4.91. The molecule has 1 aliphatic rings. The average molecular weight is 535 g/mol. The monoisotopic (exact) mass is 534 g/mol. The van der Waals surface area contributed by atoms with E-state index >= 15 is 0 Å². The Morgan fingerprint density at radius 3 is 2.27 bits per heavy atom. The fraction of sp³-hybridized carbons (Fsp3) is 0.219. The van der Waals surface area contributed by atoms with E-state index < -0.39 is 5.97 Å². The molecule has 0 unspecified atom stereocenters. The van der Waals surface area contributed by atoms with Gasteiger partial charge in [-0.15, -0.1) is 0 Å².